The van der Waals surface area contributed by atoms with Crippen molar-refractivity contribution in [2.45, 2.75) is 155 Å². The summed E-state index contributed by atoms with van der Waals surface area (Å²) in [6, 6.07) is 0. The summed E-state index contributed by atoms with van der Waals surface area (Å²) >= 11 is 0. The minimum atomic E-state index is -4.89. The Kier molecular flexibility index (Phi) is 8.25. The Morgan fingerprint density at radius 1 is 0.872 bits per heavy atom. The lowest BCUT2D eigenvalue weighted by molar-refractivity contribution is -0.403. The normalized spacial score (nSPS) is 53.7. The highest BCUT2D eigenvalue weighted by Gasteiger charge is 2.75. The summed E-state index contributed by atoms with van der Waals surface area (Å²) < 4.78 is 97.2. The van der Waals surface area contributed by atoms with Gasteiger partial charge in [0.2, 0.25) is 0 Å². The van der Waals surface area contributed by atoms with Crippen LogP contribution in [0.5, 0.6) is 0 Å². The molecule has 0 radical (unpaired) electrons. The third kappa shape index (κ3) is 5.50. The maximum Gasteiger partial charge on any atom is 0.397 e. The van der Waals surface area contributed by atoms with E-state index >= 15 is 0 Å². The summed E-state index contributed by atoms with van der Waals surface area (Å²) in [5.41, 5.74) is -0.615. The van der Waals surface area contributed by atoms with Crippen LogP contribution in [0.15, 0.2) is 0 Å². The fourth-order valence-electron chi connectivity index (χ4n) is 13.1. The van der Waals surface area contributed by atoms with Crippen molar-refractivity contribution < 1.29 is 48.5 Å². The maximum absolute atomic E-state index is 11.9. The molecule has 5 saturated carbocycles. The zero-order chi connectivity index (χ0) is 34.2. The highest BCUT2D eigenvalue weighted by Crippen LogP contribution is 2.73. The minimum absolute atomic E-state index is 0.0192. The lowest BCUT2D eigenvalue weighted by Crippen LogP contribution is -2.61. The Balaban J connectivity index is 1.19. The topological polar surface area (TPSA) is 155 Å². The molecule has 0 amide bonds. The summed E-state index contributed by atoms with van der Waals surface area (Å²) in [7, 11) is -9.75. The van der Waals surface area contributed by atoms with Gasteiger partial charge in [0.25, 0.3) is 5.97 Å². The molecule has 2 aliphatic heterocycles. The first-order chi connectivity index (χ1) is 21.7. The van der Waals surface area contributed by atoms with Crippen LogP contribution in [0.4, 0.5) is 0 Å². The molecule has 7 aliphatic rings. The zero-order valence-corrected chi connectivity index (χ0v) is 30.6. The molecule has 270 valence electrons. The molecule has 0 aromatic heterocycles. The molecule has 1 unspecified atom stereocenters. The van der Waals surface area contributed by atoms with Crippen LogP contribution < -0.4 is 0 Å². The minimum Gasteiger partial charge on any atom is -0.324 e. The molecule has 2 N–H and O–H groups in total. The molecular formula is C34H56O11S2. The van der Waals surface area contributed by atoms with E-state index in [0.717, 1.165) is 44.9 Å². The van der Waals surface area contributed by atoms with E-state index in [2.05, 4.69) is 48.5 Å². The number of hydrogen-bond donors (Lipinski definition) is 2. The van der Waals surface area contributed by atoms with E-state index in [1.54, 1.807) is 0 Å². The lowest BCUT2D eigenvalue weighted by Gasteiger charge is -2.62. The molecule has 5 aliphatic carbocycles. The summed E-state index contributed by atoms with van der Waals surface area (Å²) in [6.07, 6.45) is 6.38. The number of rotatable bonds is 9. The molecule has 2 bridgehead atoms. The summed E-state index contributed by atoms with van der Waals surface area (Å²) in [4.78, 5) is 0. The Morgan fingerprint density at radius 2 is 1.53 bits per heavy atom. The largest absolute Gasteiger partial charge is 0.397 e. The molecule has 15 atom stereocenters. The molecule has 13 heteroatoms. The number of hydrogen-bond acceptors (Lipinski definition) is 9. The molecule has 2 heterocycles. The van der Waals surface area contributed by atoms with Gasteiger partial charge in [0.05, 0.1) is 12.2 Å². The Bertz CT molecular complexity index is 1470. The van der Waals surface area contributed by atoms with Crippen molar-refractivity contribution in [2.24, 2.45) is 57.7 Å². The number of ether oxygens (including phenoxy) is 3. The first-order valence-corrected chi connectivity index (χ1v) is 20.8. The summed E-state index contributed by atoms with van der Waals surface area (Å²) in [6.45, 7) is 16.1. The van der Waals surface area contributed by atoms with Gasteiger partial charge in [-0.25, -0.2) is 8.37 Å². The molecule has 0 aromatic carbocycles. The van der Waals surface area contributed by atoms with E-state index in [-0.39, 0.29) is 59.0 Å². The van der Waals surface area contributed by atoms with Gasteiger partial charge in [-0.1, -0.05) is 41.5 Å². The average Bonchev–Trinajstić information content (AvgIpc) is 3.39. The van der Waals surface area contributed by atoms with Crippen LogP contribution in [0.25, 0.3) is 0 Å². The second-order valence-electron chi connectivity index (χ2n) is 17.7. The Morgan fingerprint density at radius 3 is 2.13 bits per heavy atom. The number of fused-ring (bicyclic) bond motifs is 10. The average molecular weight is 705 g/mol. The van der Waals surface area contributed by atoms with Gasteiger partial charge in [0.15, 0.2) is 0 Å². The Labute approximate surface area is 281 Å². The van der Waals surface area contributed by atoms with E-state index in [1.165, 1.54) is 6.42 Å². The third-order valence-corrected chi connectivity index (χ3v) is 16.2. The maximum atomic E-state index is 11.9. The van der Waals surface area contributed by atoms with Gasteiger partial charge in [-0.2, -0.15) is 16.8 Å². The van der Waals surface area contributed by atoms with Crippen LogP contribution in [-0.2, 0) is 43.4 Å². The molecule has 7 rings (SSSR count). The highest BCUT2D eigenvalue weighted by molar-refractivity contribution is 7.81. The van der Waals surface area contributed by atoms with Crippen LogP contribution in [0.3, 0.4) is 0 Å². The molecular weight excluding hydrogens is 648 g/mol. The molecule has 11 nitrogen and oxygen atoms in total. The first kappa shape index (κ1) is 35.0. The smallest absolute Gasteiger partial charge is 0.324 e. The highest BCUT2D eigenvalue weighted by atomic mass is 32.3. The molecule has 7 fully saturated rings. The van der Waals surface area contributed by atoms with Crippen LogP contribution >= 0.6 is 0 Å². The van der Waals surface area contributed by atoms with Crippen LogP contribution in [0, 0.1) is 57.7 Å². The second kappa shape index (κ2) is 11.1. The van der Waals surface area contributed by atoms with Crippen molar-refractivity contribution >= 4 is 20.8 Å². The van der Waals surface area contributed by atoms with Crippen molar-refractivity contribution in [1.29, 1.82) is 0 Å². The third-order valence-electron chi connectivity index (χ3n) is 15.2. The summed E-state index contributed by atoms with van der Waals surface area (Å²) in [5, 5.41) is 0. The van der Waals surface area contributed by atoms with Gasteiger partial charge in [0.1, 0.15) is 17.8 Å². The van der Waals surface area contributed by atoms with Crippen molar-refractivity contribution in [3.05, 3.63) is 0 Å². The molecule has 2 saturated heterocycles. The predicted octanol–water partition coefficient (Wildman–Crippen LogP) is 6.34. The van der Waals surface area contributed by atoms with Crippen molar-refractivity contribution in [2.75, 3.05) is 0 Å². The molecule has 47 heavy (non-hydrogen) atoms. The van der Waals surface area contributed by atoms with Gasteiger partial charge >= 0.3 is 20.8 Å². The van der Waals surface area contributed by atoms with Gasteiger partial charge in [-0.05, 0) is 123 Å². The van der Waals surface area contributed by atoms with Gasteiger partial charge < -0.3 is 14.2 Å². The van der Waals surface area contributed by atoms with Crippen LogP contribution in [0.1, 0.15) is 119 Å². The fourth-order valence-corrected chi connectivity index (χ4v) is 14.1. The first-order valence-electron chi connectivity index (χ1n) is 18.1. The van der Waals surface area contributed by atoms with Gasteiger partial charge in [-0.15, -0.1) is 0 Å². The van der Waals surface area contributed by atoms with E-state index in [0.29, 0.717) is 30.1 Å². The second-order valence-corrected chi connectivity index (χ2v) is 19.8. The van der Waals surface area contributed by atoms with Gasteiger partial charge in [0, 0.05) is 12.3 Å². The van der Waals surface area contributed by atoms with Crippen LogP contribution in [0.2, 0.25) is 0 Å². The quantitative estimate of drug-likeness (QED) is 0.258. The zero-order valence-electron chi connectivity index (χ0n) is 29.0. The van der Waals surface area contributed by atoms with Crippen molar-refractivity contribution in [3.8, 4) is 0 Å². The van der Waals surface area contributed by atoms with E-state index < -0.39 is 44.6 Å². The van der Waals surface area contributed by atoms with E-state index in [9.17, 15) is 25.9 Å². The van der Waals surface area contributed by atoms with Crippen LogP contribution in [-0.4, -0.2) is 61.9 Å². The summed E-state index contributed by atoms with van der Waals surface area (Å²) in [5.74, 6) is 1.44. The standard InChI is InChI=1S/C34H56O11S2/c1-8-12-34-41-26-15-24-22-10-9-21-14-25(43-46(35,36)37)27(44-47(38,39)40)17-31(21,6)23(22)11-13-30(24,5)29(26)32(7,45-34)28(42-34)18-33(19(2)3)16-20(33)4/h19-29H,8-18H2,1-7H3,(H,35,36,37)(H,38,39,40)/t20-,21?,22+,23-,24-,25-,26-,27-,28+,29-,30-,31-,32-,33+,34-/m0/s1. The molecule has 0 spiro atoms. The van der Waals surface area contributed by atoms with E-state index in [4.69, 9.17) is 22.6 Å². The van der Waals surface area contributed by atoms with Gasteiger partial charge in [-0.3, -0.25) is 9.11 Å². The van der Waals surface area contributed by atoms with Crippen molar-refractivity contribution in [1.82, 2.24) is 0 Å². The predicted molar refractivity (Wildman–Crippen MR) is 171 cm³/mol. The Hall–Kier alpha value is -0.380. The fraction of sp³-hybridized carbons (Fsp3) is 1.00. The SMILES string of the molecule is CCC[C@@]12O[C@H]3C[C@H]4[C@@H]5CCC6C[C@H](OS(=O)(=O)O)[C@@H](OS(=O)(=O)O)C[C@]6(C)[C@H]5CC[C@]4(C)[C@H]3[C@@](C)(O1)[C@@H](C[C@@]1(C(C)C)C[C@@H]1C)O2. The monoisotopic (exact) mass is 704 g/mol. The molecule has 0 aromatic rings. The van der Waals surface area contributed by atoms with Crippen molar-refractivity contribution in [3.63, 3.8) is 0 Å². The lowest BCUT2D eigenvalue weighted by atomic mass is 9.44. The van der Waals surface area contributed by atoms with E-state index in [1.807, 2.05) is 0 Å².